The standard InChI is InChI=1S/C21H22N2O5.C2HF3O2/c1-13(18(24)19(21(26)27)28-17-5-3-2-4-6-17)23-20(25)15-7-8-16-12-22-10-9-14(16)11-15;3-2(4,5)1(6)7/h2-8,11,13,19,22H,9-10,12H2,1H3,(H,23,25)(H,26,27);(H,6,7). The Balaban J connectivity index is 0.000000540. The van der Waals surface area contributed by atoms with Gasteiger partial charge in [0.1, 0.15) is 5.75 Å². The van der Waals surface area contributed by atoms with Gasteiger partial charge in [0.05, 0.1) is 6.04 Å². The molecule has 188 valence electrons. The predicted molar refractivity (Wildman–Crippen MR) is 116 cm³/mol. The second-order valence-electron chi connectivity index (χ2n) is 7.46. The van der Waals surface area contributed by atoms with E-state index in [1.165, 1.54) is 6.92 Å². The quantitative estimate of drug-likeness (QED) is 0.428. The number of para-hydroxylation sites is 1. The van der Waals surface area contributed by atoms with Crippen LogP contribution in [0.2, 0.25) is 0 Å². The van der Waals surface area contributed by atoms with Gasteiger partial charge in [0.15, 0.2) is 0 Å². The Morgan fingerprint density at radius 2 is 1.66 bits per heavy atom. The molecule has 2 unspecified atom stereocenters. The number of ketones is 1. The number of hydrogen-bond donors (Lipinski definition) is 4. The normalized spacial score (nSPS) is 14.3. The van der Waals surface area contributed by atoms with Crippen molar-refractivity contribution in [2.45, 2.75) is 38.2 Å². The zero-order chi connectivity index (χ0) is 26.2. The van der Waals surface area contributed by atoms with Gasteiger partial charge in [-0.15, -0.1) is 0 Å². The SMILES string of the molecule is CC(NC(=O)c1ccc2c(c1)CCNC2)C(=O)C(Oc1ccccc1)C(=O)O.O=C(O)C(F)(F)F. The Morgan fingerprint density at radius 1 is 1.03 bits per heavy atom. The van der Waals surface area contributed by atoms with Gasteiger partial charge in [-0.25, -0.2) is 9.59 Å². The van der Waals surface area contributed by atoms with E-state index in [1.807, 2.05) is 12.1 Å². The van der Waals surface area contributed by atoms with Crippen molar-refractivity contribution in [2.75, 3.05) is 6.54 Å². The van der Waals surface area contributed by atoms with Crippen molar-refractivity contribution in [2.24, 2.45) is 0 Å². The number of hydrogen-bond acceptors (Lipinski definition) is 6. The Labute approximate surface area is 197 Å². The molecule has 1 amide bonds. The maximum absolute atomic E-state index is 12.6. The number of carboxylic acid groups (broad SMARTS) is 2. The number of benzene rings is 2. The fourth-order valence-electron chi connectivity index (χ4n) is 3.06. The number of rotatable bonds is 7. The number of fused-ring (bicyclic) bond motifs is 1. The summed E-state index contributed by atoms with van der Waals surface area (Å²) in [6, 6.07) is 12.6. The van der Waals surface area contributed by atoms with E-state index in [9.17, 15) is 32.7 Å². The molecule has 35 heavy (non-hydrogen) atoms. The van der Waals surface area contributed by atoms with Gasteiger partial charge >= 0.3 is 18.1 Å². The highest BCUT2D eigenvalue weighted by molar-refractivity contribution is 6.06. The van der Waals surface area contributed by atoms with Crippen LogP contribution >= 0.6 is 0 Å². The number of carbonyl (C=O) groups is 4. The second-order valence-corrected chi connectivity index (χ2v) is 7.46. The second kappa shape index (κ2) is 12.0. The van der Waals surface area contributed by atoms with Crippen LogP contribution in [0.3, 0.4) is 0 Å². The Kier molecular flexibility index (Phi) is 9.34. The molecule has 2 aromatic carbocycles. The molecule has 1 aliphatic heterocycles. The van der Waals surface area contributed by atoms with Crippen molar-refractivity contribution in [1.82, 2.24) is 10.6 Å². The number of aliphatic carboxylic acids is 2. The lowest BCUT2D eigenvalue weighted by Gasteiger charge is -2.20. The number of carboxylic acids is 2. The van der Waals surface area contributed by atoms with E-state index < -0.39 is 42.0 Å². The molecule has 0 saturated heterocycles. The summed E-state index contributed by atoms with van der Waals surface area (Å²) >= 11 is 0. The summed E-state index contributed by atoms with van der Waals surface area (Å²) in [6.45, 7) is 3.07. The molecule has 1 aliphatic rings. The Hall–Kier alpha value is -3.93. The van der Waals surface area contributed by atoms with Gasteiger partial charge in [-0.3, -0.25) is 9.59 Å². The highest BCUT2D eigenvalue weighted by Gasteiger charge is 2.38. The van der Waals surface area contributed by atoms with Gasteiger partial charge < -0.3 is 25.6 Å². The Bertz CT molecular complexity index is 1070. The van der Waals surface area contributed by atoms with Gasteiger partial charge in [-0.2, -0.15) is 13.2 Å². The van der Waals surface area contributed by atoms with Crippen LogP contribution in [0.15, 0.2) is 48.5 Å². The van der Waals surface area contributed by atoms with Gasteiger partial charge in [0, 0.05) is 12.1 Å². The molecular weight excluding hydrogens is 473 g/mol. The molecule has 12 heteroatoms. The van der Waals surface area contributed by atoms with Crippen LogP contribution in [0, 0.1) is 0 Å². The number of amides is 1. The van der Waals surface area contributed by atoms with Gasteiger partial charge in [-0.05, 0) is 55.3 Å². The van der Waals surface area contributed by atoms with Crippen LogP contribution in [0.25, 0.3) is 0 Å². The molecule has 2 atom stereocenters. The van der Waals surface area contributed by atoms with Crippen molar-refractivity contribution >= 4 is 23.6 Å². The minimum absolute atomic E-state index is 0.269. The third-order valence-corrected chi connectivity index (χ3v) is 4.85. The third kappa shape index (κ3) is 8.10. The number of alkyl halides is 3. The lowest BCUT2D eigenvalue weighted by molar-refractivity contribution is -0.192. The van der Waals surface area contributed by atoms with E-state index in [4.69, 9.17) is 14.6 Å². The number of halogens is 3. The minimum Gasteiger partial charge on any atom is -0.478 e. The molecule has 0 saturated carbocycles. The van der Waals surface area contributed by atoms with Crippen LogP contribution in [-0.2, 0) is 27.3 Å². The first-order chi connectivity index (χ1) is 16.4. The molecule has 1 heterocycles. The van der Waals surface area contributed by atoms with Crippen LogP contribution in [0.4, 0.5) is 13.2 Å². The first kappa shape index (κ1) is 27.3. The van der Waals surface area contributed by atoms with Gasteiger partial charge in [0.2, 0.25) is 5.78 Å². The molecule has 0 aromatic heterocycles. The molecular formula is C23H23F3N2O7. The highest BCUT2D eigenvalue weighted by Crippen LogP contribution is 2.17. The monoisotopic (exact) mass is 496 g/mol. The third-order valence-electron chi connectivity index (χ3n) is 4.85. The van der Waals surface area contributed by atoms with Gasteiger partial charge in [-0.1, -0.05) is 24.3 Å². The fraction of sp³-hybridized carbons (Fsp3) is 0.304. The first-order valence-corrected chi connectivity index (χ1v) is 10.3. The van der Waals surface area contributed by atoms with E-state index >= 15 is 0 Å². The molecule has 4 N–H and O–H groups in total. The summed E-state index contributed by atoms with van der Waals surface area (Å²) in [4.78, 5) is 45.5. The lowest BCUT2D eigenvalue weighted by Crippen LogP contribution is -2.48. The average Bonchev–Trinajstić information content (AvgIpc) is 2.82. The fourth-order valence-corrected chi connectivity index (χ4v) is 3.06. The number of carbonyl (C=O) groups excluding carboxylic acids is 2. The van der Waals surface area contributed by atoms with Crippen molar-refractivity contribution in [1.29, 1.82) is 0 Å². The van der Waals surface area contributed by atoms with Crippen LogP contribution < -0.4 is 15.4 Å². The van der Waals surface area contributed by atoms with E-state index in [2.05, 4.69) is 10.6 Å². The molecule has 2 aromatic rings. The Morgan fingerprint density at radius 3 is 2.23 bits per heavy atom. The molecule has 0 bridgehead atoms. The highest BCUT2D eigenvalue weighted by atomic mass is 19.4. The smallest absolute Gasteiger partial charge is 0.478 e. The maximum Gasteiger partial charge on any atom is 0.490 e. The van der Waals surface area contributed by atoms with Crippen LogP contribution in [0.1, 0.15) is 28.4 Å². The van der Waals surface area contributed by atoms with E-state index in [1.54, 1.807) is 36.4 Å². The average molecular weight is 496 g/mol. The summed E-state index contributed by atoms with van der Waals surface area (Å²) in [5.74, 6) is -5.05. The predicted octanol–water partition coefficient (Wildman–Crippen LogP) is 2.19. The molecule has 0 radical (unpaired) electrons. The van der Waals surface area contributed by atoms with Crippen molar-refractivity contribution in [3.63, 3.8) is 0 Å². The number of nitrogens with one attached hydrogen (secondary N) is 2. The number of Topliss-reactive ketones (excluding diaryl/α,β-unsaturated/α-hetero) is 1. The molecule has 0 fully saturated rings. The number of ether oxygens (including phenoxy) is 1. The minimum atomic E-state index is -5.08. The lowest BCUT2D eigenvalue weighted by atomic mass is 9.98. The molecule has 3 rings (SSSR count). The van der Waals surface area contributed by atoms with Crippen molar-refractivity contribution < 1.29 is 47.3 Å². The zero-order valence-corrected chi connectivity index (χ0v) is 18.5. The van der Waals surface area contributed by atoms with Gasteiger partial charge in [0.25, 0.3) is 12.0 Å². The largest absolute Gasteiger partial charge is 0.490 e. The van der Waals surface area contributed by atoms with E-state index in [0.717, 1.165) is 30.6 Å². The van der Waals surface area contributed by atoms with E-state index in [-0.39, 0.29) is 5.75 Å². The first-order valence-electron chi connectivity index (χ1n) is 10.3. The molecule has 0 spiro atoms. The summed E-state index contributed by atoms with van der Waals surface area (Å²) in [7, 11) is 0. The van der Waals surface area contributed by atoms with Crippen LogP contribution in [-0.4, -0.2) is 58.7 Å². The van der Waals surface area contributed by atoms with Crippen LogP contribution in [0.5, 0.6) is 5.75 Å². The van der Waals surface area contributed by atoms with Crippen molar-refractivity contribution in [3.8, 4) is 5.75 Å². The van der Waals surface area contributed by atoms with E-state index in [0.29, 0.717) is 5.56 Å². The topological polar surface area (TPSA) is 142 Å². The summed E-state index contributed by atoms with van der Waals surface area (Å²) < 4.78 is 37.0. The molecule has 0 aliphatic carbocycles. The molecule has 9 nitrogen and oxygen atoms in total. The summed E-state index contributed by atoms with van der Waals surface area (Å²) in [5.41, 5.74) is 2.69. The zero-order valence-electron chi connectivity index (χ0n) is 18.5. The summed E-state index contributed by atoms with van der Waals surface area (Å²) in [5, 5.41) is 22.3. The maximum atomic E-state index is 12.6. The summed E-state index contributed by atoms with van der Waals surface area (Å²) in [6.07, 6.45) is -5.95. The van der Waals surface area contributed by atoms with Crippen molar-refractivity contribution in [3.05, 3.63) is 65.2 Å².